The molecule has 3 aromatic rings. The molecule has 1 aromatic heterocycles. The molecule has 0 bridgehead atoms. The molecule has 0 radical (unpaired) electrons. The van der Waals surface area contributed by atoms with Crippen LogP contribution in [0, 0.1) is 25.7 Å². The van der Waals surface area contributed by atoms with Crippen molar-refractivity contribution in [2.45, 2.75) is 45.4 Å². The molecule has 0 saturated carbocycles. The third kappa shape index (κ3) is 6.41. The van der Waals surface area contributed by atoms with Crippen LogP contribution in [0.3, 0.4) is 0 Å². The number of thiazole rings is 1. The average Bonchev–Trinajstić information content (AvgIpc) is 3.33. The molecule has 2 aliphatic rings. The summed E-state index contributed by atoms with van der Waals surface area (Å²) in [5.41, 5.74) is 3.71. The Kier molecular flexibility index (Phi) is 8.92. The first-order valence-corrected chi connectivity index (χ1v) is 16.5. The van der Waals surface area contributed by atoms with Gasteiger partial charge < -0.3 is 4.74 Å². The number of anilines is 1. The summed E-state index contributed by atoms with van der Waals surface area (Å²) in [5.74, 6) is 0.484. The largest absolute Gasteiger partial charge is 0.379 e. The Morgan fingerprint density at radius 3 is 2.38 bits per heavy atom. The summed E-state index contributed by atoms with van der Waals surface area (Å²) >= 11 is 1.52. The zero-order chi connectivity index (χ0) is 28.4. The van der Waals surface area contributed by atoms with E-state index >= 15 is 0 Å². The summed E-state index contributed by atoms with van der Waals surface area (Å²) in [4.78, 5) is 23.1. The fourth-order valence-electron chi connectivity index (χ4n) is 5.72. The fraction of sp³-hybridized carbons (Fsp3) is 0.533. The van der Waals surface area contributed by atoms with Gasteiger partial charge in [0.2, 0.25) is 10.0 Å². The van der Waals surface area contributed by atoms with Crippen LogP contribution in [0.4, 0.5) is 5.13 Å². The number of ether oxygens (including phenoxy) is 1. The summed E-state index contributed by atoms with van der Waals surface area (Å²) in [6.07, 6.45) is 1.84. The summed E-state index contributed by atoms with van der Waals surface area (Å²) in [7, 11) is -3.61. The van der Waals surface area contributed by atoms with Gasteiger partial charge in [-0.1, -0.05) is 25.2 Å². The normalized spacial score (nSPS) is 21.1. The van der Waals surface area contributed by atoms with Crippen molar-refractivity contribution in [1.29, 1.82) is 0 Å². The predicted molar refractivity (Wildman–Crippen MR) is 161 cm³/mol. The maximum absolute atomic E-state index is 13.9. The van der Waals surface area contributed by atoms with Gasteiger partial charge in [-0.25, -0.2) is 13.4 Å². The first-order chi connectivity index (χ1) is 19.1. The second-order valence-corrected chi connectivity index (χ2v) is 14.4. The SMILES string of the molecule is Cc1cc2nc(N(CCCN3CCOCC3)C(=O)c3ccc(S(=O)(=O)N4CC(C)CC(C)C4)cc3)sc2cc1C. The van der Waals surface area contributed by atoms with Crippen LogP contribution in [0.25, 0.3) is 10.2 Å². The number of piperidine rings is 1. The van der Waals surface area contributed by atoms with Crippen molar-refractivity contribution >= 4 is 42.6 Å². The molecule has 2 unspecified atom stereocenters. The second-order valence-electron chi connectivity index (χ2n) is 11.5. The number of hydrogen-bond acceptors (Lipinski definition) is 7. The molecule has 216 valence electrons. The highest BCUT2D eigenvalue weighted by molar-refractivity contribution is 7.89. The average molecular weight is 585 g/mol. The summed E-state index contributed by atoms with van der Waals surface area (Å²) in [6.45, 7) is 14.1. The number of amides is 1. The minimum atomic E-state index is -3.61. The molecule has 3 heterocycles. The van der Waals surface area contributed by atoms with E-state index in [1.54, 1.807) is 33.5 Å². The highest BCUT2D eigenvalue weighted by Gasteiger charge is 2.32. The third-order valence-electron chi connectivity index (χ3n) is 8.00. The zero-order valence-corrected chi connectivity index (χ0v) is 25.6. The molecule has 40 heavy (non-hydrogen) atoms. The Labute approximate surface area is 242 Å². The first-order valence-electron chi connectivity index (χ1n) is 14.2. The minimum Gasteiger partial charge on any atom is -0.379 e. The highest BCUT2D eigenvalue weighted by atomic mass is 32.2. The summed E-state index contributed by atoms with van der Waals surface area (Å²) < 4.78 is 34.8. The molecule has 2 aliphatic heterocycles. The van der Waals surface area contributed by atoms with Crippen molar-refractivity contribution in [2.75, 3.05) is 57.4 Å². The Morgan fingerprint density at radius 2 is 1.70 bits per heavy atom. The van der Waals surface area contributed by atoms with Gasteiger partial charge in [0, 0.05) is 44.8 Å². The maximum Gasteiger partial charge on any atom is 0.260 e. The standard InChI is InChI=1S/C30H40N4O4S2/c1-21-16-22(2)20-33(19-21)40(36,37)26-8-6-25(7-9-26)29(35)34(11-5-10-32-12-14-38-15-13-32)30-31-27-17-23(3)24(4)18-28(27)39-30/h6-9,17-18,21-22H,5,10-16,19-20H2,1-4H3. The number of benzene rings is 2. The molecular weight excluding hydrogens is 544 g/mol. The van der Waals surface area contributed by atoms with E-state index in [0.717, 1.165) is 55.9 Å². The van der Waals surface area contributed by atoms with Gasteiger partial charge in [0.05, 0.1) is 28.3 Å². The molecule has 2 atom stereocenters. The molecule has 2 fully saturated rings. The number of fused-ring (bicyclic) bond motifs is 1. The van der Waals surface area contributed by atoms with Crippen LogP contribution in [0.15, 0.2) is 41.3 Å². The lowest BCUT2D eigenvalue weighted by molar-refractivity contribution is 0.0376. The van der Waals surface area contributed by atoms with Crippen molar-refractivity contribution in [3.05, 3.63) is 53.1 Å². The van der Waals surface area contributed by atoms with Crippen molar-refractivity contribution in [3.63, 3.8) is 0 Å². The lowest BCUT2D eigenvalue weighted by Gasteiger charge is -2.34. The van der Waals surface area contributed by atoms with E-state index in [-0.39, 0.29) is 10.8 Å². The molecular formula is C30H40N4O4S2. The van der Waals surface area contributed by atoms with Gasteiger partial charge >= 0.3 is 0 Å². The predicted octanol–water partition coefficient (Wildman–Crippen LogP) is 4.95. The number of carbonyl (C=O) groups is 1. The Bertz CT molecular complexity index is 1400. The van der Waals surface area contributed by atoms with E-state index in [0.29, 0.717) is 42.2 Å². The van der Waals surface area contributed by atoms with Crippen LogP contribution < -0.4 is 4.90 Å². The molecule has 1 amide bonds. The zero-order valence-electron chi connectivity index (χ0n) is 23.9. The number of rotatable bonds is 8. The quantitative estimate of drug-likeness (QED) is 0.373. The van der Waals surface area contributed by atoms with Crippen LogP contribution in [0.1, 0.15) is 48.2 Å². The molecule has 8 nitrogen and oxygen atoms in total. The fourth-order valence-corrected chi connectivity index (χ4v) is 8.47. The molecule has 10 heteroatoms. The molecule has 0 N–H and O–H groups in total. The van der Waals surface area contributed by atoms with Crippen LogP contribution in [-0.4, -0.2) is 81.0 Å². The van der Waals surface area contributed by atoms with Crippen molar-refractivity contribution in [1.82, 2.24) is 14.2 Å². The lowest BCUT2D eigenvalue weighted by atomic mass is 9.94. The Hall–Kier alpha value is -2.37. The Morgan fingerprint density at radius 1 is 1.05 bits per heavy atom. The van der Waals surface area contributed by atoms with Crippen molar-refractivity contribution < 1.29 is 17.9 Å². The molecule has 2 saturated heterocycles. The van der Waals surface area contributed by atoms with Crippen LogP contribution in [0.2, 0.25) is 0 Å². The van der Waals surface area contributed by atoms with Gasteiger partial charge in [-0.3, -0.25) is 14.6 Å². The van der Waals surface area contributed by atoms with E-state index in [2.05, 4.69) is 44.7 Å². The van der Waals surface area contributed by atoms with E-state index in [1.165, 1.54) is 22.5 Å². The van der Waals surface area contributed by atoms with E-state index in [9.17, 15) is 13.2 Å². The van der Waals surface area contributed by atoms with Gasteiger partial charge in [-0.05, 0) is 86.1 Å². The second kappa shape index (κ2) is 12.2. The molecule has 2 aromatic carbocycles. The van der Waals surface area contributed by atoms with E-state index in [4.69, 9.17) is 9.72 Å². The third-order valence-corrected chi connectivity index (χ3v) is 10.9. The first kappa shape index (κ1) is 29.1. The van der Waals surface area contributed by atoms with Crippen LogP contribution >= 0.6 is 11.3 Å². The van der Waals surface area contributed by atoms with Gasteiger partial charge in [0.15, 0.2) is 5.13 Å². The highest BCUT2D eigenvalue weighted by Crippen LogP contribution is 2.32. The van der Waals surface area contributed by atoms with E-state index in [1.807, 2.05) is 0 Å². The topological polar surface area (TPSA) is 83.0 Å². The number of sulfonamides is 1. The van der Waals surface area contributed by atoms with Crippen molar-refractivity contribution in [3.8, 4) is 0 Å². The number of hydrogen-bond donors (Lipinski definition) is 0. The number of carbonyl (C=O) groups excluding carboxylic acids is 1. The Balaban J connectivity index is 1.38. The monoisotopic (exact) mass is 584 g/mol. The maximum atomic E-state index is 13.9. The smallest absolute Gasteiger partial charge is 0.260 e. The summed E-state index contributed by atoms with van der Waals surface area (Å²) in [5, 5.41) is 0.667. The minimum absolute atomic E-state index is 0.168. The number of nitrogens with zero attached hydrogens (tertiary/aromatic N) is 4. The van der Waals surface area contributed by atoms with Crippen LogP contribution in [-0.2, 0) is 14.8 Å². The lowest BCUT2D eigenvalue weighted by Crippen LogP contribution is -2.42. The van der Waals surface area contributed by atoms with E-state index < -0.39 is 10.0 Å². The number of aromatic nitrogens is 1. The van der Waals surface area contributed by atoms with Gasteiger partial charge in [0.1, 0.15) is 0 Å². The molecule has 0 aliphatic carbocycles. The molecule has 5 rings (SSSR count). The summed E-state index contributed by atoms with van der Waals surface area (Å²) in [6, 6.07) is 10.6. The number of morpholine rings is 1. The van der Waals surface area contributed by atoms with Crippen LogP contribution in [0.5, 0.6) is 0 Å². The van der Waals surface area contributed by atoms with Gasteiger partial charge in [-0.15, -0.1) is 0 Å². The van der Waals surface area contributed by atoms with Gasteiger partial charge in [0.25, 0.3) is 5.91 Å². The molecule has 0 spiro atoms. The van der Waals surface area contributed by atoms with Gasteiger partial charge in [-0.2, -0.15) is 4.31 Å². The van der Waals surface area contributed by atoms with Crippen molar-refractivity contribution in [2.24, 2.45) is 11.8 Å². The number of aryl methyl sites for hydroxylation is 2.